The summed E-state index contributed by atoms with van der Waals surface area (Å²) in [5.74, 6) is 0.0971. The second kappa shape index (κ2) is 4.82. The van der Waals surface area contributed by atoms with Crippen LogP contribution in [0.4, 0.5) is 5.69 Å². The Morgan fingerprint density at radius 1 is 1.59 bits per heavy atom. The molecule has 1 saturated carbocycles. The van der Waals surface area contributed by atoms with Gasteiger partial charge in [0.2, 0.25) is 0 Å². The average Bonchev–Trinajstić information content (AvgIpc) is 2.56. The lowest BCUT2D eigenvalue weighted by Gasteiger charge is -2.34. The first-order valence-electron chi connectivity index (χ1n) is 6.36. The molecule has 4 heteroatoms. The number of nitrogens with zero attached hydrogens (tertiary/aromatic N) is 2. The van der Waals surface area contributed by atoms with E-state index in [1.54, 1.807) is 6.07 Å². The van der Waals surface area contributed by atoms with Gasteiger partial charge in [0.1, 0.15) is 5.69 Å². The Kier molecular flexibility index (Phi) is 3.41. The summed E-state index contributed by atoms with van der Waals surface area (Å²) in [7, 11) is 1.89. The summed E-state index contributed by atoms with van der Waals surface area (Å²) in [6, 6.07) is 2.21. The normalized spacial score (nSPS) is 15.6. The molecule has 0 aliphatic heterocycles. The Balaban J connectivity index is 2.16. The molecule has 17 heavy (non-hydrogen) atoms. The van der Waals surface area contributed by atoms with E-state index >= 15 is 0 Å². The lowest BCUT2D eigenvalue weighted by molar-refractivity contribution is 0.0641. The summed E-state index contributed by atoms with van der Waals surface area (Å²) >= 11 is 0. The topological polar surface area (TPSA) is 51.3 Å². The number of nitrogens with two attached hydrogens (primary N) is 1. The van der Waals surface area contributed by atoms with Crippen molar-refractivity contribution in [2.75, 3.05) is 12.8 Å². The molecule has 0 bridgehead atoms. The van der Waals surface area contributed by atoms with Crippen molar-refractivity contribution in [2.45, 2.75) is 45.2 Å². The molecule has 1 aliphatic carbocycles. The number of rotatable bonds is 4. The highest BCUT2D eigenvalue weighted by molar-refractivity contribution is 5.94. The van der Waals surface area contributed by atoms with Crippen molar-refractivity contribution in [3.63, 3.8) is 0 Å². The van der Waals surface area contributed by atoms with Gasteiger partial charge in [-0.05, 0) is 31.7 Å². The number of carbonyl (C=O) groups excluding carboxylic acids is 1. The van der Waals surface area contributed by atoms with Crippen LogP contribution < -0.4 is 5.73 Å². The maximum absolute atomic E-state index is 12.3. The third-order valence-corrected chi connectivity index (χ3v) is 3.54. The summed E-state index contributed by atoms with van der Waals surface area (Å²) < 4.78 is 1.97. The Labute approximate surface area is 102 Å². The second-order valence-electron chi connectivity index (χ2n) is 4.85. The Morgan fingerprint density at radius 3 is 2.82 bits per heavy atom. The SMILES string of the molecule is CCCn1cc(N)cc1C(=O)N(C)C1CCC1. The third kappa shape index (κ3) is 2.30. The number of aromatic nitrogens is 1. The predicted octanol–water partition coefficient (Wildman–Crippen LogP) is 2.10. The Bertz CT molecular complexity index is 407. The van der Waals surface area contributed by atoms with Gasteiger partial charge in [-0.1, -0.05) is 6.92 Å². The van der Waals surface area contributed by atoms with Gasteiger partial charge >= 0.3 is 0 Å². The van der Waals surface area contributed by atoms with E-state index in [1.165, 1.54) is 6.42 Å². The van der Waals surface area contributed by atoms with E-state index in [0.29, 0.717) is 11.7 Å². The fourth-order valence-corrected chi connectivity index (χ4v) is 2.26. The van der Waals surface area contributed by atoms with Crippen LogP contribution in [0.25, 0.3) is 0 Å². The zero-order valence-corrected chi connectivity index (χ0v) is 10.6. The van der Waals surface area contributed by atoms with E-state index < -0.39 is 0 Å². The van der Waals surface area contributed by atoms with Crippen molar-refractivity contribution in [1.29, 1.82) is 0 Å². The standard InChI is InChI=1S/C13H21N3O/c1-3-7-16-9-10(14)8-12(16)13(17)15(2)11-5-4-6-11/h8-9,11H,3-7,14H2,1-2H3. The van der Waals surface area contributed by atoms with Crippen molar-refractivity contribution in [1.82, 2.24) is 9.47 Å². The van der Waals surface area contributed by atoms with E-state index in [-0.39, 0.29) is 5.91 Å². The molecule has 1 heterocycles. The first-order chi connectivity index (χ1) is 8.13. The van der Waals surface area contributed by atoms with Crippen LogP contribution in [0.1, 0.15) is 43.1 Å². The summed E-state index contributed by atoms with van der Waals surface area (Å²) in [5.41, 5.74) is 7.17. The highest BCUT2D eigenvalue weighted by Gasteiger charge is 2.27. The van der Waals surface area contributed by atoms with Crippen molar-refractivity contribution < 1.29 is 4.79 Å². The molecule has 1 aromatic rings. The average molecular weight is 235 g/mol. The molecule has 1 aromatic heterocycles. The van der Waals surface area contributed by atoms with E-state index in [4.69, 9.17) is 5.73 Å². The molecule has 2 N–H and O–H groups in total. The zero-order chi connectivity index (χ0) is 12.4. The smallest absolute Gasteiger partial charge is 0.270 e. The summed E-state index contributed by atoms with van der Waals surface area (Å²) in [6.07, 6.45) is 6.35. The second-order valence-corrected chi connectivity index (χ2v) is 4.85. The molecule has 0 spiro atoms. The number of hydrogen-bond donors (Lipinski definition) is 1. The fraction of sp³-hybridized carbons (Fsp3) is 0.615. The number of amides is 1. The van der Waals surface area contributed by atoms with Gasteiger partial charge in [-0.2, -0.15) is 0 Å². The molecular formula is C13H21N3O. The molecule has 1 fully saturated rings. The van der Waals surface area contributed by atoms with Crippen molar-refractivity contribution in [3.05, 3.63) is 18.0 Å². The van der Waals surface area contributed by atoms with Crippen molar-refractivity contribution in [3.8, 4) is 0 Å². The van der Waals surface area contributed by atoms with Gasteiger partial charge in [0, 0.05) is 25.8 Å². The lowest BCUT2D eigenvalue weighted by atomic mass is 9.92. The molecule has 1 aliphatic rings. The maximum atomic E-state index is 12.3. The van der Waals surface area contributed by atoms with Crippen molar-refractivity contribution >= 4 is 11.6 Å². The molecule has 94 valence electrons. The number of aryl methyl sites for hydroxylation is 1. The van der Waals surface area contributed by atoms with Crippen LogP contribution in [0.5, 0.6) is 0 Å². The van der Waals surface area contributed by atoms with Crippen LogP contribution in [0.2, 0.25) is 0 Å². The van der Waals surface area contributed by atoms with Crippen LogP contribution in [0.3, 0.4) is 0 Å². The minimum atomic E-state index is 0.0971. The number of anilines is 1. The summed E-state index contributed by atoms with van der Waals surface area (Å²) in [6.45, 7) is 2.94. The molecule has 0 radical (unpaired) electrons. The first-order valence-corrected chi connectivity index (χ1v) is 6.36. The van der Waals surface area contributed by atoms with Crippen LogP contribution in [0, 0.1) is 0 Å². The van der Waals surface area contributed by atoms with Gasteiger partial charge in [-0.15, -0.1) is 0 Å². The molecule has 0 atom stereocenters. The van der Waals surface area contributed by atoms with Gasteiger partial charge in [-0.3, -0.25) is 4.79 Å². The van der Waals surface area contributed by atoms with Crippen LogP contribution in [-0.4, -0.2) is 28.5 Å². The molecule has 0 saturated heterocycles. The number of hydrogen-bond acceptors (Lipinski definition) is 2. The highest BCUT2D eigenvalue weighted by atomic mass is 16.2. The fourth-order valence-electron chi connectivity index (χ4n) is 2.26. The quantitative estimate of drug-likeness (QED) is 0.869. The summed E-state index contributed by atoms with van der Waals surface area (Å²) in [5, 5.41) is 0. The van der Waals surface area contributed by atoms with Crippen LogP contribution >= 0.6 is 0 Å². The first kappa shape index (κ1) is 12.0. The zero-order valence-electron chi connectivity index (χ0n) is 10.6. The predicted molar refractivity (Wildman–Crippen MR) is 68.9 cm³/mol. The van der Waals surface area contributed by atoms with Gasteiger partial charge in [-0.25, -0.2) is 0 Å². The van der Waals surface area contributed by atoms with Gasteiger partial charge in [0.05, 0.1) is 5.69 Å². The monoisotopic (exact) mass is 235 g/mol. The van der Waals surface area contributed by atoms with Crippen molar-refractivity contribution in [2.24, 2.45) is 0 Å². The molecule has 0 aromatic carbocycles. The maximum Gasteiger partial charge on any atom is 0.270 e. The van der Waals surface area contributed by atoms with E-state index in [0.717, 1.165) is 31.5 Å². The van der Waals surface area contributed by atoms with Crippen LogP contribution in [0.15, 0.2) is 12.3 Å². The Hall–Kier alpha value is -1.45. The van der Waals surface area contributed by atoms with Gasteiger partial charge < -0.3 is 15.2 Å². The Morgan fingerprint density at radius 2 is 2.29 bits per heavy atom. The summed E-state index contributed by atoms with van der Waals surface area (Å²) in [4.78, 5) is 14.2. The molecular weight excluding hydrogens is 214 g/mol. The minimum absolute atomic E-state index is 0.0971. The number of carbonyl (C=O) groups is 1. The van der Waals surface area contributed by atoms with E-state index in [1.807, 2.05) is 22.7 Å². The third-order valence-electron chi connectivity index (χ3n) is 3.54. The molecule has 0 unspecified atom stereocenters. The minimum Gasteiger partial charge on any atom is -0.397 e. The van der Waals surface area contributed by atoms with Gasteiger partial charge in [0.15, 0.2) is 0 Å². The molecule has 4 nitrogen and oxygen atoms in total. The largest absolute Gasteiger partial charge is 0.397 e. The van der Waals surface area contributed by atoms with Gasteiger partial charge in [0.25, 0.3) is 5.91 Å². The van der Waals surface area contributed by atoms with E-state index in [9.17, 15) is 4.79 Å². The number of nitrogen functional groups attached to an aromatic ring is 1. The van der Waals surface area contributed by atoms with Crippen LogP contribution in [-0.2, 0) is 6.54 Å². The molecule has 1 amide bonds. The lowest BCUT2D eigenvalue weighted by Crippen LogP contribution is -2.41. The highest BCUT2D eigenvalue weighted by Crippen LogP contribution is 2.25. The van der Waals surface area contributed by atoms with E-state index in [2.05, 4.69) is 6.92 Å². The molecule has 2 rings (SSSR count).